The van der Waals surface area contributed by atoms with Gasteiger partial charge in [-0.25, -0.2) is 0 Å². The van der Waals surface area contributed by atoms with Gasteiger partial charge in [0.15, 0.2) is 0 Å². The average Bonchev–Trinajstić information content (AvgIpc) is 2.35. The fourth-order valence-corrected chi connectivity index (χ4v) is 60.9. The van der Waals surface area contributed by atoms with Crippen LogP contribution in [0.2, 0.25) is 118 Å². The molecule has 0 aliphatic heterocycles. The van der Waals surface area contributed by atoms with Crippen LogP contribution in [-0.2, 0) is 0 Å². The number of amides is 3. The van der Waals surface area contributed by atoms with Crippen LogP contribution in [0.5, 0.6) is 0 Å². The first-order valence-corrected chi connectivity index (χ1v) is 37.8. The Bertz CT molecular complexity index is 638. The molecule has 0 aliphatic carbocycles. The van der Waals surface area contributed by atoms with Crippen molar-refractivity contribution >= 4 is 53.7 Å². The quantitative estimate of drug-likeness (QED) is 0.230. The summed E-state index contributed by atoms with van der Waals surface area (Å²) in [5, 5.41) is 0. The average molecular weight is 705 g/mol. The summed E-state index contributed by atoms with van der Waals surface area (Å²) in [7, 11) is -12.5. The third kappa shape index (κ3) is 9.13. The van der Waals surface area contributed by atoms with Crippen molar-refractivity contribution in [2.24, 2.45) is 0 Å². The number of carbonyl (C=O) groups excluding carboxylic acids is 3. The Morgan fingerprint density at radius 2 is 0.471 bits per heavy atom. The van der Waals surface area contributed by atoms with Gasteiger partial charge in [-0.2, -0.15) is 0 Å². The van der Waals surface area contributed by atoms with Crippen LogP contribution in [0.3, 0.4) is 0 Å². The molecule has 34 heavy (non-hydrogen) atoms. The minimum absolute atomic E-state index is 0.0265. The van der Waals surface area contributed by atoms with Gasteiger partial charge in [0, 0.05) is 0 Å². The molecule has 0 saturated carbocycles. The van der Waals surface area contributed by atoms with Crippen LogP contribution in [0, 0.1) is 35.5 Å². The molecule has 0 fully saturated rings. The molecule has 0 aromatic rings. The maximum absolute atomic E-state index is 14.6. The van der Waals surface area contributed by atoms with Gasteiger partial charge in [0.1, 0.15) is 0 Å². The molecular formula is C21H54CeN3O3Si6. The molecule has 0 atom stereocenters. The van der Waals surface area contributed by atoms with Gasteiger partial charge in [-0.15, -0.1) is 0 Å². The standard InChI is InChI=1S/3C7H18NOSi2.Ce/c3*1-10(2,3)8(7-9)11(4,5)6;/h3*1-6H3;. The molecule has 3 amide bonds. The van der Waals surface area contributed by atoms with Crippen LogP contribution in [0.15, 0.2) is 0 Å². The van der Waals surface area contributed by atoms with E-state index in [-0.39, 0.29) is 4.27 Å². The van der Waals surface area contributed by atoms with Crippen LogP contribution < -0.4 is 0 Å². The molecule has 0 aromatic heterocycles. The van der Waals surface area contributed by atoms with Gasteiger partial charge in [0.05, 0.1) is 0 Å². The van der Waals surface area contributed by atoms with E-state index < -0.39 is 84.9 Å². The maximum atomic E-state index is 14.6. The second-order valence-corrected chi connectivity index (χ2v) is 51.8. The van der Waals surface area contributed by atoms with Crippen molar-refractivity contribution in [2.45, 2.75) is 118 Å². The van der Waals surface area contributed by atoms with E-state index in [9.17, 15) is 14.4 Å². The summed E-state index contributed by atoms with van der Waals surface area (Å²) < 4.78 is 6.33. The fraction of sp³-hybridized carbons (Fsp3) is 0.857. The normalized spacial score (nSPS) is 13.9. The van der Waals surface area contributed by atoms with E-state index in [4.69, 9.17) is 0 Å². The van der Waals surface area contributed by atoms with Gasteiger partial charge in [0.2, 0.25) is 0 Å². The Hall–Kier alpha value is 1.09. The summed E-state index contributed by atoms with van der Waals surface area (Å²) in [5.74, 6) is 0. The Balaban J connectivity index is 7.33. The van der Waals surface area contributed by atoms with Crippen molar-refractivity contribution in [3.8, 4) is 0 Å². The molecule has 13 heteroatoms. The van der Waals surface area contributed by atoms with Crippen molar-refractivity contribution in [2.75, 3.05) is 0 Å². The molecule has 0 saturated heterocycles. The topological polar surface area (TPSA) is 60.9 Å². The zero-order valence-electron chi connectivity index (χ0n) is 25.6. The van der Waals surface area contributed by atoms with Gasteiger partial charge in [0.25, 0.3) is 0 Å². The van der Waals surface area contributed by atoms with Gasteiger partial charge >= 0.3 is 234 Å². The summed E-state index contributed by atoms with van der Waals surface area (Å²) in [4.78, 5) is 43.8. The van der Waals surface area contributed by atoms with Gasteiger partial charge < -0.3 is 0 Å². The van der Waals surface area contributed by atoms with E-state index in [2.05, 4.69) is 131 Å². The summed E-state index contributed by atoms with van der Waals surface area (Å²) in [6, 6.07) is 0. The number of nitrogens with zero attached hydrogens (tertiary/aromatic N) is 3. The van der Waals surface area contributed by atoms with Gasteiger partial charge in [-0.05, 0) is 0 Å². The second kappa shape index (κ2) is 11.1. The Labute approximate surface area is 231 Å². The van der Waals surface area contributed by atoms with Crippen molar-refractivity contribution in [3.05, 3.63) is 0 Å². The number of rotatable bonds is 9. The first kappa shape index (κ1) is 35.1. The molecule has 0 heterocycles. The Kier molecular flexibility index (Phi) is 11.4. The third-order valence-electron chi connectivity index (χ3n) is 5.28. The van der Waals surface area contributed by atoms with E-state index in [1.165, 1.54) is 0 Å². The molecule has 0 aromatic carbocycles. The molecule has 0 N–H and O–H groups in total. The Morgan fingerprint density at radius 3 is 0.559 bits per heavy atom. The zero-order chi connectivity index (χ0) is 28.0. The number of hydrogen-bond acceptors (Lipinski definition) is 3. The van der Waals surface area contributed by atoms with Crippen molar-refractivity contribution < 1.29 is 49.8 Å². The van der Waals surface area contributed by atoms with Crippen molar-refractivity contribution in [3.63, 3.8) is 0 Å². The predicted octanol–water partition coefficient (Wildman–Crippen LogP) is 7.88. The van der Waals surface area contributed by atoms with Crippen LogP contribution in [0.1, 0.15) is 0 Å². The molecule has 0 unspecified atom stereocenters. The molecule has 199 valence electrons. The summed E-state index contributed by atoms with van der Waals surface area (Å²) >= 11 is -4.26. The number of carbonyl (C=O) groups is 3. The summed E-state index contributed by atoms with van der Waals surface area (Å²) in [6.45, 7) is 39.3. The second-order valence-electron chi connectivity index (χ2n) is 15.3. The fourth-order valence-electron chi connectivity index (χ4n) is 5.46. The molecular weight excluding hydrogens is 651 g/mol. The zero-order valence-corrected chi connectivity index (χ0v) is 34.7. The number of hydrogen-bond donors (Lipinski definition) is 0. The van der Waals surface area contributed by atoms with E-state index >= 15 is 0 Å². The van der Waals surface area contributed by atoms with Crippen LogP contribution in [-0.4, -0.2) is 66.4 Å². The predicted molar refractivity (Wildman–Crippen MR) is 162 cm³/mol. The molecule has 0 rings (SSSR count). The van der Waals surface area contributed by atoms with Gasteiger partial charge in [-0.1, -0.05) is 0 Å². The van der Waals surface area contributed by atoms with E-state index in [0.29, 0.717) is 0 Å². The monoisotopic (exact) mass is 704 g/mol. The summed E-state index contributed by atoms with van der Waals surface area (Å²) in [6.07, 6.45) is 0. The molecule has 0 bridgehead atoms. The van der Waals surface area contributed by atoms with Crippen LogP contribution in [0.4, 0.5) is 14.4 Å². The first-order chi connectivity index (χ1) is 14.5. The molecule has 6 nitrogen and oxygen atoms in total. The minimum atomic E-state index is -4.26. The van der Waals surface area contributed by atoms with Gasteiger partial charge in [-0.3, -0.25) is 0 Å². The third-order valence-corrected chi connectivity index (χ3v) is 37.0. The molecule has 0 spiro atoms. The summed E-state index contributed by atoms with van der Waals surface area (Å²) in [5.41, 5.74) is 0. The molecule has 0 radical (unpaired) electrons. The van der Waals surface area contributed by atoms with Crippen LogP contribution in [0.25, 0.3) is 0 Å². The molecule has 0 aliphatic rings. The Morgan fingerprint density at radius 1 is 0.353 bits per heavy atom. The van der Waals surface area contributed by atoms with E-state index in [0.717, 1.165) is 0 Å². The van der Waals surface area contributed by atoms with E-state index in [1.54, 1.807) is 0 Å². The SMILES string of the molecule is C[Si](C)(C)N([C](=O)[Ce]([C](=O)N([Si](C)(C)C)[Si](C)(C)C)[C](=O)N([Si](C)(C)C)[Si](C)(C)C)[Si](C)(C)C. The van der Waals surface area contributed by atoms with Crippen molar-refractivity contribution in [1.82, 2.24) is 12.7 Å². The van der Waals surface area contributed by atoms with Crippen molar-refractivity contribution in [1.29, 1.82) is 0 Å². The van der Waals surface area contributed by atoms with Crippen LogP contribution >= 0.6 is 0 Å². The van der Waals surface area contributed by atoms with E-state index in [1.807, 2.05) is 0 Å². The first-order valence-electron chi connectivity index (χ1n) is 12.4.